The van der Waals surface area contributed by atoms with Crippen LogP contribution in [0.1, 0.15) is 28.5 Å². The molecule has 1 N–H and O–H groups in total. The monoisotopic (exact) mass is 377 g/mol. The van der Waals surface area contributed by atoms with E-state index in [1.54, 1.807) is 12.3 Å². The van der Waals surface area contributed by atoms with E-state index >= 15 is 0 Å². The molecule has 2 aromatic carbocycles. The van der Waals surface area contributed by atoms with Crippen molar-refractivity contribution in [3.8, 4) is 0 Å². The Morgan fingerprint density at radius 1 is 1.15 bits per heavy atom. The predicted octanol–water partition coefficient (Wildman–Crippen LogP) is 4.75. The quantitative estimate of drug-likeness (QED) is 0.713. The third-order valence-corrected chi connectivity index (χ3v) is 5.23. The molecule has 5 heteroatoms. The largest absolute Gasteiger partial charge is 0.347 e. The van der Waals surface area contributed by atoms with Crippen LogP contribution in [0.3, 0.4) is 0 Å². The second-order valence-corrected chi connectivity index (χ2v) is 7.13. The highest BCUT2D eigenvalue weighted by Crippen LogP contribution is 2.37. The van der Waals surface area contributed by atoms with Crippen molar-refractivity contribution in [2.24, 2.45) is 0 Å². The van der Waals surface area contributed by atoms with Crippen LogP contribution in [0.25, 0.3) is 0 Å². The van der Waals surface area contributed by atoms with E-state index in [4.69, 9.17) is 11.6 Å². The van der Waals surface area contributed by atoms with Gasteiger partial charge in [0.05, 0.1) is 11.9 Å². The summed E-state index contributed by atoms with van der Waals surface area (Å²) in [6.07, 6.45) is 2.78. The van der Waals surface area contributed by atoms with Crippen LogP contribution in [-0.4, -0.2) is 16.9 Å². The molecule has 27 heavy (non-hydrogen) atoms. The fourth-order valence-electron chi connectivity index (χ4n) is 3.53. The summed E-state index contributed by atoms with van der Waals surface area (Å²) in [5, 5.41) is 3.51. The minimum Gasteiger partial charge on any atom is -0.347 e. The van der Waals surface area contributed by atoms with Crippen LogP contribution in [0.15, 0.2) is 66.9 Å². The first-order valence-corrected chi connectivity index (χ1v) is 9.36. The summed E-state index contributed by atoms with van der Waals surface area (Å²) in [5.41, 5.74) is 4.82. The molecule has 1 aromatic heterocycles. The highest BCUT2D eigenvalue weighted by Gasteiger charge is 2.27. The van der Waals surface area contributed by atoms with Crippen molar-refractivity contribution in [1.29, 1.82) is 0 Å². The molecule has 4 rings (SSSR count). The molecule has 0 saturated heterocycles. The number of carbonyl (C=O) groups is 1. The number of carbonyl (C=O) groups excluding carboxylic acids is 1. The Hall–Kier alpha value is -2.85. The second kappa shape index (κ2) is 7.41. The van der Waals surface area contributed by atoms with Gasteiger partial charge in [-0.25, -0.2) is 4.98 Å². The van der Waals surface area contributed by atoms with Gasteiger partial charge in [0.2, 0.25) is 0 Å². The molecule has 0 fully saturated rings. The average Bonchev–Trinajstić information content (AvgIpc) is 3.03. The van der Waals surface area contributed by atoms with Gasteiger partial charge >= 0.3 is 0 Å². The summed E-state index contributed by atoms with van der Waals surface area (Å²) >= 11 is 6.13. The molecular weight excluding hydrogens is 358 g/mol. The van der Waals surface area contributed by atoms with E-state index in [-0.39, 0.29) is 5.91 Å². The molecule has 1 atom stereocenters. The topological polar surface area (TPSA) is 45.2 Å². The fraction of sp³-hybridized carbons (Fsp3) is 0.182. The van der Waals surface area contributed by atoms with Crippen LogP contribution >= 0.6 is 11.6 Å². The number of halogens is 1. The summed E-state index contributed by atoms with van der Waals surface area (Å²) in [7, 11) is 0. The molecule has 1 unspecified atom stereocenters. The zero-order chi connectivity index (χ0) is 18.8. The number of benzene rings is 2. The number of anilines is 2. The number of amides is 1. The van der Waals surface area contributed by atoms with Crippen LogP contribution in [-0.2, 0) is 13.0 Å². The first kappa shape index (κ1) is 17.6. The molecule has 1 aliphatic heterocycles. The zero-order valence-electron chi connectivity index (χ0n) is 15.0. The van der Waals surface area contributed by atoms with Crippen LogP contribution < -0.4 is 10.2 Å². The van der Waals surface area contributed by atoms with Crippen LogP contribution in [0.5, 0.6) is 0 Å². The molecule has 1 amide bonds. The first-order valence-electron chi connectivity index (χ1n) is 8.98. The lowest BCUT2D eigenvalue weighted by Crippen LogP contribution is -2.26. The second-order valence-electron chi connectivity index (χ2n) is 6.73. The molecule has 4 nitrogen and oxygen atoms in total. The Labute approximate surface area is 163 Å². The van der Waals surface area contributed by atoms with Gasteiger partial charge in [0.25, 0.3) is 5.91 Å². The summed E-state index contributed by atoms with van der Waals surface area (Å²) in [5.74, 6) is -0.212. The maximum Gasteiger partial charge on any atom is 0.270 e. The van der Waals surface area contributed by atoms with E-state index in [9.17, 15) is 4.79 Å². The fourth-order valence-corrected chi connectivity index (χ4v) is 3.73. The van der Waals surface area contributed by atoms with Gasteiger partial charge in [-0.3, -0.25) is 4.79 Å². The molecule has 0 saturated carbocycles. The number of nitrogens with zero attached hydrogens (tertiary/aromatic N) is 2. The average molecular weight is 378 g/mol. The minimum absolute atomic E-state index is 0.212. The Balaban J connectivity index is 1.48. The number of para-hydroxylation sites is 1. The number of nitrogens with one attached hydrogen (secondary N) is 1. The number of pyridine rings is 1. The first-order chi connectivity index (χ1) is 13.1. The zero-order valence-corrected chi connectivity index (χ0v) is 15.8. The highest BCUT2D eigenvalue weighted by atomic mass is 35.5. The lowest BCUT2D eigenvalue weighted by molar-refractivity contribution is 0.0946. The smallest absolute Gasteiger partial charge is 0.270 e. The normalized spacial score (nSPS) is 15.5. The molecule has 0 bridgehead atoms. The Morgan fingerprint density at radius 2 is 1.93 bits per heavy atom. The lowest BCUT2D eigenvalue weighted by Gasteiger charge is -2.24. The van der Waals surface area contributed by atoms with E-state index in [2.05, 4.69) is 40.3 Å². The molecule has 136 valence electrons. The molecular formula is C22H20ClN3O. The number of fused-ring (bicyclic) bond motifs is 1. The van der Waals surface area contributed by atoms with Crippen LogP contribution in [0, 0.1) is 0 Å². The minimum atomic E-state index is -0.212. The van der Waals surface area contributed by atoms with Gasteiger partial charge in [0, 0.05) is 23.3 Å². The van der Waals surface area contributed by atoms with Crippen molar-refractivity contribution in [1.82, 2.24) is 10.3 Å². The summed E-state index contributed by atoms with van der Waals surface area (Å²) in [6, 6.07) is 20.0. The van der Waals surface area contributed by atoms with Gasteiger partial charge in [-0.15, -0.1) is 0 Å². The number of aromatic nitrogens is 1. The van der Waals surface area contributed by atoms with Gasteiger partial charge in [0.15, 0.2) is 0 Å². The Morgan fingerprint density at radius 3 is 2.70 bits per heavy atom. The van der Waals surface area contributed by atoms with Gasteiger partial charge in [-0.2, -0.15) is 0 Å². The van der Waals surface area contributed by atoms with Crippen LogP contribution in [0.4, 0.5) is 11.4 Å². The van der Waals surface area contributed by atoms with E-state index in [0.717, 1.165) is 17.7 Å². The molecule has 0 spiro atoms. The van der Waals surface area contributed by atoms with Crippen molar-refractivity contribution in [2.75, 3.05) is 4.90 Å². The Kier molecular flexibility index (Phi) is 4.82. The van der Waals surface area contributed by atoms with Crippen molar-refractivity contribution in [3.05, 3.63) is 88.7 Å². The van der Waals surface area contributed by atoms with Crippen molar-refractivity contribution in [2.45, 2.75) is 25.9 Å². The standard InChI is InChI=1S/C22H20ClN3O/c1-15-12-16-6-3-5-9-21(16)26(15)18-10-11-20(24-14-18)22(27)25-13-17-7-2-4-8-19(17)23/h2-11,14-15H,12-13H2,1H3,(H,25,27). The third kappa shape index (κ3) is 3.53. The van der Waals surface area contributed by atoms with Gasteiger partial charge in [-0.05, 0) is 48.7 Å². The number of rotatable bonds is 4. The summed E-state index contributed by atoms with van der Waals surface area (Å²) < 4.78 is 0. The van der Waals surface area contributed by atoms with Gasteiger partial charge < -0.3 is 10.2 Å². The van der Waals surface area contributed by atoms with Crippen molar-refractivity contribution in [3.63, 3.8) is 0 Å². The lowest BCUT2D eigenvalue weighted by atomic mass is 10.1. The molecule has 0 aliphatic carbocycles. The van der Waals surface area contributed by atoms with Gasteiger partial charge in [0.1, 0.15) is 5.69 Å². The molecule has 0 radical (unpaired) electrons. The van der Waals surface area contributed by atoms with E-state index in [1.807, 2.05) is 36.4 Å². The van der Waals surface area contributed by atoms with Gasteiger partial charge in [-0.1, -0.05) is 48.0 Å². The summed E-state index contributed by atoms with van der Waals surface area (Å²) in [4.78, 5) is 19.0. The number of hydrogen-bond acceptors (Lipinski definition) is 3. The SMILES string of the molecule is CC1Cc2ccccc2N1c1ccc(C(=O)NCc2ccccc2Cl)nc1. The number of hydrogen-bond donors (Lipinski definition) is 1. The van der Waals surface area contributed by atoms with Crippen molar-refractivity contribution >= 4 is 28.9 Å². The highest BCUT2D eigenvalue weighted by molar-refractivity contribution is 6.31. The third-order valence-electron chi connectivity index (χ3n) is 4.86. The molecule has 3 aromatic rings. The Bertz CT molecular complexity index is 971. The van der Waals surface area contributed by atoms with E-state index in [0.29, 0.717) is 23.3 Å². The summed E-state index contributed by atoms with van der Waals surface area (Å²) in [6.45, 7) is 2.57. The predicted molar refractivity (Wildman–Crippen MR) is 109 cm³/mol. The van der Waals surface area contributed by atoms with Crippen molar-refractivity contribution < 1.29 is 4.79 Å². The van der Waals surface area contributed by atoms with Crippen LogP contribution in [0.2, 0.25) is 5.02 Å². The maximum atomic E-state index is 12.4. The van der Waals surface area contributed by atoms with E-state index < -0.39 is 0 Å². The maximum absolute atomic E-state index is 12.4. The molecule has 2 heterocycles. The van der Waals surface area contributed by atoms with E-state index in [1.165, 1.54) is 11.3 Å². The molecule has 1 aliphatic rings.